The topological polar surface area (TPSA) is 78.9 Å². The van der Waals surface area contributed by atoms with Crippen molar-refractivity contribution in [3.8, 4) is 0 Å². The lowest BCUT2D eigenvalue weighted by atomic mass is 10.0. The highest BCUT2D eigenvalue weighted by Crippen LogP contribution is 2.17. The molecule has 0 bridgehead atoms. The third-order valence-electron chi connectivity index (χ3n) is 11.5. The SMILES string of the molecule is CCCCCCCCCCCCCC(=O)O[C@@H](COC(=O)CCCCCCCCCCCCCCCCCCC(C)C)COC(=O)CCCCCCCCC(C)C. The molecule has 0 N–H and O–H groups in total. The molecule has 0 aromatic heterocycles. The largest absolute Gasteiger partial charge is 0.462 e. The van der Waals surface area contributed by atoms with Gasteiger partial charge in [0, 0.05) is 19.3 Å². The van der Waals surface area contributed by atoms with Gasteiger partial charge in [0.05, 0.1) is 0 Å². The standard InChI is InChI=1S/C51H98O6/c1-6-7-8-9-10-11-18-23-26-33-38-43-51(54)57-48(45-56-50(53)42-37-32-28-27-30-35-40-47(4)5)44-55-49(52)41-36-31-25-22-20-17-15-13-12-14-16-19-21-24-29-34-39-46(2)3/h46-48H,6-45H2,1-5H3/t48-/m0/s1. The van der Waals surface area contributed by atoms with Crippen LogP contribution in [0.25, 0.3) is 0 Å². The van der Waals surface area contributed by atoms with Gasteiger partial charge in [-0.1, -0.05) is 240 Å². The van der Waals surface area contributed by atoms with Crippen LogP contribution in [0.2, 0.25) is 0 Å². The number of unbranched alkanes of at least 4 members (excludes halogenated alkanes) is 30. The van der Waals surface area contributed by atoms with E-state index in [0.29, 0.717) is 19.3 Å². The molecule has 0 unspecified atom stereocenters. The van der Waals surface area contributed by atoms with Crippen molar-refractivity contribution in [2.24, 2.45) is 11.8 Å². The molecule has 0 amide bonds. The molecule has 0 aromatic carbocycles. The number of hydrogen-bond donors (Lipinski definition) is 0. The number of esters is 3. The van der Waals surface area contributed by atoms with Gasteiger partial charge in [0.1, 0.15) is 13.2 Å². The van der Waals surface area contributed by atoms with Crippen molar-refractivity contribution in [3.63, 3.8) is 0 Å². The fourth-order valence-corrected chi connectivity index (χ4v) is 7.64. The summed E-state index contributed by atoms with van der Waals surface area (Å²) < 4.78 is 16.7. The normalized spacial score (nSPS) is 12.1. The smallest absolute Gasteiger partial charge is 0.306 e. The summed E-state index contributed by atoms with van der Waals surface area (Å²) in [6.07, 6.45) is 43.9. The van der Waals surface area contributed by atoms with Crippen molar-refractivity contribution in [1.29, 1.82) is 0 Å². The van der Waals surface area contributed by atoms with Gasteiger partial charge in [-0.05, 0) is 31.1 Å². The van der Waals surface area contributed by atoms with E-state index in [1.165, 1.54) is 167 Å². The zero-order valence-electron chi connectivity index (χ0n) is 39.0. The molecule has 1 atom stereocenters. The average Bonchev–Trinajstić information content (AvgIpc) is 3.18. The van der Waals surface area contributed by atoms with E-state index in [2.05, 4.69) is 34.6 Å². The molecule has 0 heterocycles. The highest BCUT2D eigenvalue weighted by molar-refractivity contribution is 5.71. The number of hydrogen-bond acceptors (Lipinski definition) is 6. The van der Waals surface area contributed by atoms with E-state index in [-0.39, 0.29) is 31.1 Å². The van der Waals surface area contributed by atoms with E-state index in [9.17, 15) is 14.4 Å². The van der Waals surface area contributed by atoms with Crippen molar-refractivity contribution in [1.82, 2.24) is 0 Å². The van der Waals surface area contributed by atoms with Crippen LogP contribution in [-0.2, 0) is 28.6 Å². The summed E-state index contributed by atoms with van der Waals surface area (Å²) in [5.74, 6) is 0.761. The molecule has 338 valence electrons. The van der Waals surface area contributed by atoms with E-state index in [1.807, 2.05) is 0 Å². The molecule has 0 saturated carbocycles. The van der Waals surface area contributed by atoms with E-state index < -0.39 is 6.10 Å². The van der Waals surface area contributed by atoms with Crippen LogP contribution in [0.15, 0.2) is 0 Å². The Labute approximate surface area is 355 Å². The maximum atomic E-state index is 12.7. The fourth-order valence-electron chi connectivity index (χ4n) is 7.64. The Hall–Kier alpha value is -1.59. The van der Waals surface area contributed by atoms with Crippen LogP contribution in [-0.4, -0.2) is 37.2 Å². The van der Waals surface area contributed by atoms with Gasteiger partial charge < -0.3 is 14.2 Å². The lowest BCUT2D eigenvalue weighted by Crippen LogP contribution is -2.30. The molecule has 0 aliphatic rings. The lowest BCUT2D eigenvalue weighted by Gasteiger charge is -2.18. The maximum Gasteiger partial charge on any atom is 0.306 e. The van der Waals surface area contributed by atoms with Gasteiger partial charge in [-0.25, -0.2) is 0 Å². The molecule has 0 radical (unpaired) electrons. The summed E-state index contributed by atoms with van der Waals surface area (Å²) in [7, 11) is 0. The van der Waals surface area contributed by atoms with Crippen LogP contribution in [0.5, 0.6) is 0 Å². The van der Waals surface area contributed by atoms with Gasteiger partial charge in [-0.3, -0.25) is 14.4 Å². The monoisotopic (exact) mass is 807 g/mol. The predicted molar refractivity (Wildman–Crippen MR) is 243 cm³/mol. The Balaban J connectivity index is 4.21. The second kappa shape index (κ2) is 44.0. The zero-order valence-corrected chi connectivity index (χ0v) is 39.0. The molecular formula is C51H98O6. The van der Waals surface area contributed by atoms with Crippen molar-refractivity contribution in [2.45, 2.75) is 285 Å². The number of ether oxygens (including phenoxy) is 3. The fraction of sp³-hybridized carbons (Fsp3) is 0.941. The van der Waals surface area contributed by atoms with Gasteiger partial charge >= 0.3 is 17.9 Å². The van der Waals surface area contributed by atoms with Gasteiger partial charge in [0.15, 0.2) is 6.10 Å². The molecule has 6 heteroatoms. The quantitative estimate of drug-likeness (QED) is 0.0346. The van der Waals surface area contributed by atoms with Gasteiger partial charge in [0.25, 0.3) is 0 Å². The van der Waals surface area contributed by atoms with E-state index >= 15 is 0 Å². The molecule has 0 saturated heterocycles. The summed E-state index contributed by atoms with van der Waals surface area (Å²) in [5, 5.41) is 0. The Morgan fingerprint density at radius 3 is 0.860 bits per heavy atom. The van der Waals surface area contributed by atoms with Crippen LogP contribution >= 0.6 is 0 Å². The highest BCUT2D eigenvalue weighted by Gasteiger charge is 2.19. The van der Waals surface area contributed by atoms with Gasteiger partial charge in [-0.2, -0.15) is 0 Å². The Kier molecular flexibility index (Phi) is 42.7. The van der Waals surface area contributed by atoms with E-state index in [0.717, 1.165) is 69.6 Å². The first-order chi connectivity index (χ1) is 27.7. The molecule has 0 fully saturated rings. The first-order valence-electron chi connectivity index (χ1n) is 25.2. The predicted octanol–water partition coefficient (Wildman–Crippen LogP) is 16.1. The summed E-state index contributed by atoms with van der Waals surface area (Å²) in [4.78, 5) is 37.8. The zero-order chi connectivity index (χ0) is 41.9. The molecule has 6 nitrogen and oxygen atoms in total. The Morgan fingerprint density at radius 2 is 0.579 bits per heavy atom. The second-order valence-electron chi connectivity index (χ2n) is 18.4. The first kappa shape index (κ1) is 55.4. The van der Waals surface area contributed by atoms with Crippen LogP contribution in [0.1, 0.15) is 279 Å². The van der Waals surface area contributed by atoms with Gasteiger partial charge in [0.2, 0.25) is 0 Å². The van der Waals surface area contributed by atoms with Crippen LogP contribution in [0.4, 0.5) is 0 Å². The molecule has 0 aromatic rings. The minimum Gasteiger partial charge on any atom is -0.462 e. The van der Waals surface area contributed by atoms with Crippen molar-refractivity contribution < 1.29 is 28.6 Å². The van der Waals surface area contributed by atoms with Crippen molar-refractivity contribution in [3.05, 3.63) is 0 Å². The average molecular weight is 807 g/mol. The Morgan fingerprint density at radius 1 is 0.333 bits per heavy atom. The number of rotatable bonds is 45. The van der Waals surface area contributed by atoms with Crippen LogP contribution < -0.4 is 0 Å². The minimum atomic E-state index is -0.761. The molecule has 57 heavy (non-hydrogen) atoms. The van der Waals surface area contributed by atoms with E-state index in [4.69, 9.17) is 14.2 Å². The summed E-state index contributed by atoms with van der Waals surface area (Å²) in [6, 6.07) is 0. The minimum absolute atomic E-state index is 0.0646. The summed E-state index contributed by atoms with van der Waals surface area (Å²) >= 11 is 0. The highest BCUT2D eigenvalue weighted by atomic mass is 16.6. The van der Waals surface area contributed by atoms with Crippen molar-refractivity contribution >= 4 is 17.9 Å². The molecule has 0 spiro atoms. The van der Waals surface area contributed by atoms with Gasteiger partial charge in [-0.15, -0.1) is 0 Å². The third-order valence-corrected chi connectivity index (χ3v) is 11.5. The van der Waals surface area contributed by atoms with E-state index in [1.54, 1.807) is 0 Å². The lowest BCUT2D eigenvalue weighted by molar-refractivity contribution is -0.167. The molecule has 0 rings (SSSR count). The first-order valence-corrected chi connectivity index (χ1v) is 25.2. The van der Waals surface area contributed by atoms with Crippen LogP contribution in [0.3, 0.4) is 0 Å². The number of carbonyl (C=O) groups is 3. The summed E-state index contributed by atoms with van der Waals surface area (Å²) in [6.45, 7) is 11.3. The summed E-state index contributed by atoms with van der Waals surface area (Å²) in [5.41, 5.74) is 0. The molecule has 0 aliphatic carbocycles. The molecular weight excluding hydrogens is 709 g/mol. The third kappa shape index (κ3) is 45.3. The van der Waals surface area contributed by atoms with Crippen molar-refractivity contribution in [2.75, 3.05) is 13.2 Å². The molecule has 0 aliphatic heterocycles. The van der Waals surface area contributed by atoms with Crippen LogP contribution in [0, 0.1) is 11.8 Å². The maximum absolute atomic E-state index is 12.7. The Bertz CT molecular complexity index is 870. The number of carbonyl (C=O) groups excluding carboxylic acids is 3. The second-order valence-corrected chi connectivity index (χ2v) is 18.4.